The lowest BCUT2D eigenvalue weighted by atomic mass is 9.94. The van der Waals surface area contributed by atoms with Gasteiger partial charge in [0.15, 0.2) is 0 Å². The summed E-state index contributed by atoms with van der Waals surface area (Å²) in [6, 6.07) is 0. The molecule has 2 fully saturated rings. The standard InChI is InChI=1S/C50H91NO3/c1-8-10-12-14-16-18-20-22-24-26-28-30-32-34-36-38-40-46(41-39-37-35-33-31-29-27-25-23-21-19-17-15-13-11-9-2)43-52-50(5)53-44-47(54-50)42-48(3)45-49(48,4)51(6)7/h16-19,22-25,46-47H,8-15,20-21,26-45H2,1-7H3/b18-16-,19-17-,24-22-,25-23-. The van der Waals surface area contributed by atoms with Crippen molar-refractivity contribution in [2.45, 2.75) is 232 Å². The van der Waals surface area contributed by atoms with Crippen LogP contribution in [0.3, 0.4) is 0 Å². The number of hydrogen-bond acceptors (Lipinski definition) is 4. The predicted molar refractivity (Wildman–Crippen MR) is 236 cm³/mol. The summed E-state index contributed by atoms with van der Waals surface area (Å²) >= 11 is 0. The summed E-state index contributed by atoms with van der Waals surface area (Å²) in [5.74, 6) is -0.316. The lowest BCUT2D eigenvalue weighted by Gasteiger charge is -2.29. The van der Waals surface area contributed by atoms with E-state index in [1.807, 2.05) is 6.92 Å². The molecule has 2 aliphatic rings. The quantitative estimate of drug-likeness (QED) is 0.0471. The van der Waals surface area contributed by atoms with E-state index in [0.717, 1.165) is 25.9 Å². The maximum atomic E-state index is 6.50. The molecular weight excluding hydrogens is 663 g/mol. The van der Waals surface area contributed by atoms with Crippen molar-refractivity contribution in [2.75, 3.05) is 27.3 Å². The highest BCUT2D eigenvalue weighted by Crippen LogP contribution is 2.62. The number of ether oxygens (including phenoxy) is 3. The van der Waals surface area contributed by atoms with Gasteiger partial charge in [-0.15, -0.1) is 0 Å². The van der Waals surface area contributed by atoms with Gasteiger partial charge in [-0.05, 0) is 122 Å². The molecule has 1 saturated carbocycles. The summed E-state index contributed by atoms with van der Waals surface area (Å²) in [4.78, 5) is 2.38. The van der Waals surface area contributed by atoms with Crippen molar-refractivity contribution >= 4 is 0 Å². The number of hydrogen-bond donors (Lipinski definition) is 0. The van der Waals surface area contributed by atoms with Crippen molar-refractivity contribution in [1.82, 2.24) is 4.90 Å². The zero-order chi connectivity index (χ0) is 39.2. The molecule has 1 heterocycles. The molecule has 0 N–H and O–H groups in total. The van der Waals surface area contributed by atoms with Crippen LogP contribution in [0.25, 0.3) is 0 Å². The van der Waals surface area contributed by atoms with Crippen LogP contribution in [0.1, 0.15) is 214 Å². The Hall–Kier alpha value is -1.20. The van der Waals surface area contributed by atoms with Gasteiger partial charge in [0, 0.05) is 12.5 Å². The molecule has 0 bridgehead atoms. The van der Waals surface area contributed by atoms with E-state index in [4.69, 9.17) is 14.2 Å². The molecule has 1 aliphatic heterocycles. The molecule has 0 aromatic rings. The molecule has 0 amide bonds. The Balaban J connectivity index is 1.64. The minimum Gasteiger partial charge on any atom is -0.327 e. The highest BCUT2D eigenvalue weighted by atomic mass is 16.9. The first-order valence-corrected chi connectivity index (χ1v) is 23.4. The zero-order valence-electron chi connectivity index (χ0n) is 37.2. The molecule has 0 spiro atoms. The van der Waals surface area contributed by atoms with Crippen molar-refractivity contribution in [3.05, 3.63) is 48.6 Å². The maximum Gasteiger partial charge on any atom is 0.280 e. The molecule has 4 heteroatoms. The first kappa shape index (κ1) is 48.9. The van der Waals surface area contributed by atoms with E-state index in [9.17, 15) is 0 Å². The summed E-state index contributed by atoms with van der Waals surface area (Å²) < 4.78 is 19.2. The van der Waals surface area contributed by atoms with Crippen LogP contribution in [0, 0.1) is 11.3 Å². The Labute approximate surface area is 337 Å². The third kappa shape index (κ3) is 21.9. The topological polar surface area (TPSA) is 30.9 Å². The Morgan fingerprint density at radius 1 is 0.593 bits per heavy atom. The molecule has 314 valence electrons. The number of nitrogens with zero attached hydrogens (tertiary/aromatic N) is 1. The maximum absolute atomic E-state index is 6.50. The van der Waals surface area contributed by atoms with Gasteiger partial charge in [-0.25, -0.2) is 0 Å². The van der Waals surface area contributed by atoms with Crippen molar-refractivity contribution in [1.29, 1.82) is 0 Å². The van der Waals surface area contributed by atoms with E-state index in [-0.39, 0.29) is 17.1 Å². The van der Waals surface area contributed by atoms with E-state index in [0.29, 0.717) is 12.5 Å². The Morgan fingerprint density at radius 3 is 1.44 bits per heavy atom. The van der Waals surface area contributed by atoms with Crippen molar-refractivity contribution in [3.63, 3.8) is 0 Å². The fourth-order valence-electron chi connectivity index (χ4n) is 8.42. The van der Waals surface area contributed by atoms with E-state index >= 15 is 0 Å². The van der Waals surface area contributed by atoms with Crippen LogP contribution in [-0.4, -0.2) is 49.8 Å². The van der Waals surface area contributed by atoms with Gasteiger partial charge in [-0.2, -0.15) is 0 Å². The molecule has 0 aromatic heterocycles. The van der Waals surface area contributed by atoms with Crippen molar-refractivity contribution < 1.29 is 14.2 Å². The van der Waals surface area contributed by atoms with Crippen molar-refractivity contribution in [3.8, 4) is 0 Å². The molecule has 0 radical (unpaired) electrons. The average molecular weight is 754 g/mol. The summed E-state index contributed by atoms with van der Waals surface area (Å²) in [5, 5.41) is 0. The Morgan fingerprint density at radius 2 is 1.02 bits per heavy atom. The summed E-state index contributed by atoms with van der Waals surface area (Å²) in [6.07, 6.45) is 55.0. The molecule has 4 atom stereocenters. The number of rotatable bonds is 36. The first-order valence-electron chi connectivity index (χ1n) is 23.4. The monoisotopic (exact) mass is 754 g/mol. The summed E-state index contributed by atoms with van der Waals surface area (Å²) in [6.45, 7) is 12.7. The van der Waals surface area contributed by atoms with Gasteiger partial charge in [0.25, 0.3) is 5.97 Å². The SMILES string of the molecule is CCCCC/C=C\C/C=C\CCCCCCCCC(CCCCCCCC/C=C\C/C=C\CCCCC)COC1(C)OCC(CC2(C)CC2(C)N(C)C)O1. The summed E-state index contributed by atoms with van der Waals surface area (Å²) in [5.41, 5.74) is 0.534. The van der Waals surface area contributed by atoms with Crippen LogP contribution < -0.4 is 0 Å². The zero-order valence-corrected chi connectivity index (χ0v) is 37.2. The molecule has 4 unspecified atom stereocenters. The minimum atomic E-state index is -0.901. The van der Waals surface area contributed by atoms with Crippen LogP contribution in [0.15, 0.2) is 48.6 Å². The van der Waals surface area contributed by atoms with Gasteiger partial charge < -0.3 is 19.1 Å². The van der Waals surface area contributed by atoms with Crippen molar-refractivity contribution in [2.24, 2.45) is 11.3 Å². The fraction of sp³-hybridized carbons (Fsp3) is 0.840. The molecule has 1 saturated heterocycles. The third-order valence-electron chi connectivity index (χ3n) is 12.7. The molecule has 54 heavy (non-hydrogen) atoms. The average Bonchev–Trinajstić information content (AvgIpc) is 3.52. The van der Waals surface area contributed by atoms with Crippen LogP contribution in [0.2, 0.25) is 0 Å². The third-order valence-corrected chi connectivity index (χ3v) is 12.7. The Bertz CT molecular complexity index is 969. The fourth-order valence-corrected chi connectivity index (χ4v) is 8.42. The lowest BCUT2D eigenvalue weighted by Crippen LogP contribution is -2.35. The van der Waals surface area contributed by atoms with Gasteiger partial charge in [-0.1, -0.05) is 159 Å². The predicted octanol–water partition coefficient (Wildman–Crippen LogP) is 15.2. The molecule has 2 rings (SSSR count). The molecule has 4 nitrogen and oxygen atoms in total. The smallest absolute Gasteiger partial charge is 0.280 e. The molecule has 1 aliphatic carbocycles. The second kappa shape index (κ2) is 30.0. The normalized spacial score (nSPS) is 24.6. The highest BCUT2D eigenvalue weighted by Gasteiger charge is 2.63. The minimum absolute atomic E-state index is 0.112. The second-order valence-corrected chi connectivity index (χ2v) is 17.9. The number of allylic oxidation sites excluding steroid dienone is 8. The van der Waals surface area contributed by atoms with Crippen LogP contribution >= 0.6 is 0 Å². The van der Waals surface area contributed by atoms with Gasteiger partial charge >= 0.3 is 0 Å². The second-order valence-electron chi connectivity index (χ2n) is 17.9. The first-order chi connectivity index (χ1) is 26.2. The number of unbranched alkanes of at least 4 members (excludes halogenated alkanes) is 18. The van der Waals surface area contributed by atoms with E-state index in [2.05, 4.69) is 95.3 Å². The summed E-state index contributed by atoms with van der Waals surface area (Å²) in [7, 11) is 4.41. The van der Waals surface area contributed by atoms with E-state index in [1.165, 1.54) is 161 Å². The van der Waals surface area contributed by atoms with Gasteiger partial charge in [0.1, 0.15) is 0 Å². The largest absolute Gasteiger partial charge is 0.327 e. The van der Waals surface area contributed by atoms with E-state index in [1.54, 1.807) is 0 Å². The van der Waals surface area contributed by atoms with Gasteiger partial charge in [-0.3, -0.25) is 0 Å². The van der Waals surface area contributed by atoms with Crippen LogP contribution in [-0.2, 0) is 14.2 Å². The van der Waals surface area contributed by atoms with Gasteiger partial charge in [0.05, 0.1) is 19.3 Å². The van der Waals surface area contributed by atoms with Crippen LogP contribution in [0.5, 0.6) is 0 Å². The van der Waals surface area contributed by atoms with Crippen LogP contribution in [0.4, 0.5) is 0 Å². The Kier molecular flexibility index (Phi) is 27.2. The highest BCUT2D eigenvalue weighted by molar-refractivity contribution is 5.17. The molecule has 0 aromatic carbocycles. The molecular formula is C50H91NO3. The van der Waals surface area contributed by atoms with E-state index < -0.39 is 5.97 Å². The van der Waals surface area contributed by atoms with Gasteiger partial charge in [0.2, 0.25) is 0 Å². The lowest BCUT2D eigenvalue weighted by molar-refractivity contribution is -0.329.